The number of nitrogens with zero attached hydrogens (tertiary/aromatic N) is 2. The number of para-hydroxylation sites is 1. The number of nitrogens with one attached hydrogen (secondary N) is 2. The molecule has 2 aliphatic rings. The van der Waals surface area contributed by atoms with Crippen molar-refractivity contribution in [3.63, 3.8) is 0 Å². The molecule has 4 rings (SSSR count). The molecule has 2 N–H and O–H groups in total. The Morgan fingerprint density at radius 3 is 2.24 bits per heavy atom. The van der Waals surface area contributed by atoms with Gasteiger partial charge in [-0.2, -0.15) is 0 Å². The first-order chi connectivity index (χ1) is 18.0. The van der Waals surface area contributed by atoms with Gasteiger partial charge in [0.2, 0.25) is 11.8 Å². The summed E-state index contributed by atoms with van der Waals surface area (Å²) < 4.78 is 0. The molecule has 0 aromatic heterocycles. The van der Waals surface area contributed by atoms with Crippen molar-refractivity contribution in [2.75, 3.05) is 31.5 Å². The average molecular weight is 539 g/mol. The molecular formula is C30H39ClN4O3. The molecule has 0 unspecified atom stereocenters. The summed E-state index contributed by atoms with van der Waals surface area (Å²) in [5.41, 5.74) is 1.84. The maximum absolute atomic E-state index is 13.7. The Balaban J connectivity index is 1.35. The summed E-state index contributed by atoms with van der Waals surface area (Å²) in [6, 6.07) is 16.5. The Bertz CT molecular complexity index is 1140. The van der Waals surface area contributed by atoms with Gasteiger partial charge in [0.05, 0.1) is 5.92 Å². The predicted octanol–water partition coefficient (Wildman–Crippen LogP) is 5.38. The summed E-state index contributed by atoms with van der Waals surface area (Å²) in [5, 5.41) is 6.63. The molecule has 2 saturated heterocycles. The quantitative estimate of drug-likeness (QED) is 0.518. The Kier molecular flexibility index (Phi) is 8.66. The minimum Gasteiger partial charge on any atom is -0.344 e. The van der Waals surface area contributed by atoms with Crippen LogP contribution in [0.15, 0.2) is 54.6 Å². The minimum atomic E-state index is -0.599. The van der Waals surface area contributed by atoms with Gasteiger partial charge in [0.25, 0.3) is 0 Å². The van der Waals surface area contributed by atoms with Gasteiger partial charge in [-0.25, -0.2) is 4.79 Å². The highest BCUT2D eigenvalue weighted by molar-refractivity contribution is 6.30. The Morgan fingerprint density at radius 1 is 0.947 bits per heavy atom. The fraction of sp³-hybridized carbons (Fsp3) is 0.500. The van der Waals surface area contributed by atoms with E-state index in [-0.39, 0.29) is 35.1 Å². The molecule has 0 radical (unpaired) electrons. The van der Waals surface area contributed by atoms with E-state index in [0.717, 1.165) is 17.1 Å². The number of carbonyl (C=O) groups excluding carboxylic acids is 3. The van der Waals surface area contributed by atoms with E-state index in [1.54, 1.807) is 4.90 Å². The molecular weight excluding hydrogens is 500 g/mol. The topological polar surface area (TPSA) is 81.8 Å². The number of benzene rings is 2. The number of urea groups is 1. The molecule has 38 heavy (non-hydrogen) atoms. The number of carbonyl (C=O) groups is 3. The van der Waals surface area contributed by atoms with Gasteiger partial charge in [0.1, 0.15) is 6.04 Å². The van der Waals surface area contributed by atoms with E-state index in [1.807, 2.05) is 61.2 Å². The van der Waals surface area contributed by atoms with Gasteiger partial charge in [-0.1, -0.05) is 69.6 Å². The summed E-state index contributed by atoms with van der Waals surface area (Å²) in [4.78, 5) is 43.1. The van der Waals surface area contributed by atoms with Crippen molar-refractivity contribution in [1.82, 2.24) is 15.1 Å². The van der Waals surface area contributed by atoms with Crippen molar-refractivity contribution in [2.45, 2.75) is 52.5 Å². The largest absolute Gasteiger partial charge is 0.344 e. The summed E-state index contributed by atoms with van der Waals surface area (Å²) in [6.07, 6.45) is 1.43. The number of anilines is 1. The second-order valence-corrected chi connectivity index (χ2v) is 12.0. The molecule has 8 heteroatoms. The number of likely N-dealkylation sites (tertiary alicyclic amines) is 2. The van der Waals surface area contributed by atoms with Crippen molar-refractivity contribution in [2.24, 2.45) is 17.3 Å². The van der Waals surface area contributed by atoms with E-state index >= 15 is 0 Å². The highest BCUT2D eigenvalue weighted by Gasteiger charge is 2.41. The molecule has 7 nitrogen and oxygen atoms in total. The van der Waals surface area contributed by atoms with Gasteiger partial charge in [0, 0.05) is 36.9 Å². The summed E-state index contributed by atoms with van der Waals surface area (Å²) in [7, 11) is 0. The normalized spacial score (nSPS) is 21.7. The van der Waals surface area contributed by atoms with Crippen LogP contribution in [-0.2, 0) is 9.59 Å². The minimum absolute atomic E-state index is 0.0346. The number of rotatable bonds is 6. The van der Waals surface area contributed by atoms with Gasteiger partial charge in [0.15, 0.2) is 0 Å². The van der Waals surface area contributed by atoms with Crippen molar-refractivity contribution in [3.05, 3.63) is 65.2 Å². The van der Waals surface area contributed by atoms with Crippen LogP contribution in [-0.4, -0.2) is 59.9 Å². The molecule has 2 heterocycles. The first-order valence-electron chi connectivity index (χ1n) is 13.5. The first kappa shape index (κ1) is 28.0. The van der Waals surface area contributed by atoms with Gasteiger partial charge in [-0.3, -0.25) is 9.59 Å². The number of piperidine rings is 1. The van der Waals surface area contributed by atoms with Crippen molar-refractivity contribution >= 4 is 35.1 Å². The zero-order valence-corrected chi connectivity index (χ0v) is 23.5. The fourth-order valence-corrected chi connectivity index (χ4v) is 5.85. The molecule has 2 aromatic rings. The van der Waals surface area contributed by atoms with E-state index in [0.29, 0.717) is 38.5 Å². The van der Waals surface area contributed by atoms with Crippen LogP contribution in [0.3, 0.4) is 0 Å². The van der Waals surface area contributed by atoms with Gasteiger partial charge in [-0.05, 0) is 59.9 Å². The van der Waals surface area contributed by atoms with Crippen LogP contribution in [0.5, 0.6) is 0 Å². The fourth-order valence-electron chi connectivity index (χ4n) is 5.72. The zero-order valence-electron chi connectivity index (χ0n) is 22.7. The summed E-state index contributed by atoms with van der Waals surface area (Å²) >= 11 is 6.09. The van der Waals surface area contributed by atoms with Gasteiger partial charge < -0.3 is 20.4 Å². The number of hydrogen-bond acceptors (Lipinski definition) is 3. The third-order valence-electron chi connectivity index (χ3n) is 7.92. The number of amides is 4. The SMILES string of the molecule is CC(C)[C@@H](NC(=O)[C@@H]1CCN(C(=O)Nc2ccccc2)C1)C(=O)N1CC[C@H](c2ccc(Cl)cc2)C(C)(C)C1. The molecule has 0 aliphatic carbocycles. The van der Waals surface area contributed by atoms with E-state index in [2.05, 4.69) is 36.6 Å². The standard InChI is InChI=1S/C30H39ClN4O3/c1-20(2)26(28(37)35-17-15-25(30(3,4)19-35)21-10-12-23(31)13-11-21)33-27(36)22-14-16-34(18-22)29(38)32-24-8-6-5-7-9-24/h5-13,20,22,25-26H,14-19H2,1-4H3,(H,32,38)(H,33,36)/t22-,25-,26-/m1/s1. The smallest absolute Gasteiger partial charge is 0.321 e. The van der Waals surface area contributed by atoms with Crippen LogP contribution in [0.25, 0.3) is 0 Å². The monoisotopic (exact) mass is 538 g/mol. The lowest BCUT2D eigenvalue weighted by Crippen LogP contribution is -2.56. The van der Waals surface area contributed by atoms with Crippen molar-refractivity contribution < 1.29 is 14.4 Å². The van der Waals surface area contributed by atoms with Crippen LogP contribution in [0.4, 0.5) is 10.5 Å². The van der Waals surface area contributed by atoms with E-state index in [1.165, 1.54) is 5.56 Å². The molecule has 0 spiro atoms. The van der Waals surface area contributed by atoms with Crippen LogP contribution >= 0.6 is 11.6 Å². The Morgan fingerprint density at radius 2 is 1.61 bits per heavy atom. The number of hydrogen-bond donors (Lipinski definition) is 2. The van der Waals surface area contributed by atoms with Gasteiger partial charge in [-0.15, -0.1) is 0 Å². The maximum atomic E-state index is 13.7. The molecule has 4 amide bonds. The first-order valence-corrected chi connectivity index (χ1v) is 13.9. The highest BCUT2D eigenvalue weighted by atomic mass is 35.5. The lowest BCUT2D eigenvalue weighted by Gasteiger charge is -2.45. The molecule has 3 atom stereocenters. The predicted molar refractivity (Wildman–Crippen MR) is 151 cm³/mol. The lowest BCUT2D eigenvalue weighted by molar-refractivity contribution is -0.141. The Labute approximate surface area is 230 Å². The summed E-state index contributed by atoms with van der Waals surface area (Å²) in [5.74, 6) is -0.266. The number of halogens is 1. The molecule has 2 fully saturated rings. The highest BCUT2D eigenvalue weighted by Crippen LogP contribution is 2.42. The third kappa shape index (κ3) is 6.49. The van der Waals surface area contributed by atoms with Crippen LogP contribution in [0.1, 0.15) is 52.0 Å². The molecule has 204 valence electrons. The van der Waals surface area contributed by atoms with E-state index in [4.69, 9.17) is 11.6 Å². The maximum Gasteiger partial charge on any atom is 0.321 e. The van der Waals surface area contributed by atoms with Crippen molar-refractivity contribution in [1.29, 1.82) is 0 Å². The molecule has 0 bridgehead atoms. The Hall–Kier alpha value is -3.06. The van der Waals surface area contributed by atoms with E-state index < -0.39 is 6.04 Å². The molecule has 0 saturated carbocycles. The van der Waals surface area contributed by atoms with Crippen LogP contribution in [0, 0.1) is 17.3 Å². The van der Waals surface area contributed by atoms with Crippen LogP contribution in [0.2, 0.25) is 5.02 Å². The summed E-state index contributed by atoms with van der Waals surface area (Å²) in [6.45, 7) is 10.4. The lowest BCUT2D eigenvalue weighted by atomic mass is 9.70. The molecule has 2 aliphatic heterocycles. The zero-order chi connectivity index (χ0) is 27.4. The van der Waals surface area contributed by atoms with Crippen molar-refractivity contribution in [3.8, 4) is 0 Å². The molecule has 2 aromatic carbocycles. The van der Waals surface area contributed by atoms with E-state index in [9.17, 15) is 14.4 Å². The second kappa shape index (κ2) is 11.8. The van der Waals surface area contributed by atoms with Gasteiger partial charge >= 0.3 is 6.03 Å². The van der Waals surface area contributed by atoms with Crippen LogP contribution < -0.4 is 10.6 Å². The third-order valence-corrected chi connectivity index (χ3v) is 8.17. The average Bonchev–Trinajstić information content (AvgIpc) is 3.38. The second-order valence-electron chi connectivity index (χ2n) is 11.6.